The number of carbonyl (C=O) groups is 2. The molecule has 1 saturated heterocycles. The summed E-state index contributed by atoms with van der Waals surface area (Å²) >= 11 is 0. The smallest absolute Gasteiger partial charge is 0.220 e. The quantitative estimate of drug-likeness (QED) is 0.415. The Morgan fingerprint density at radius 3 is 2.59 bits per heavy atom. The van der Waals surface area contributed by atoms with Gasteiger partial charge in [-0.25, -0.2) is 0 Å². The molecule has 2 aliphatic heterocycles. The number of ether oxygens (including phenoxy) is 3. The molecule has 202 valence electrons. The zero-order valence-corrected chi connectivity index (χ0v) is 22.0. The summed E-state index contributed by atoms with van der Waals surface area (Å²) in [6.45, 7) is 5.54. The molecule has 4 atom stereocenters. The molecule has 2 N–H and O–H groups in total. The Kier molecular flexibility index (Phi) is 9.77. The highest BCUT2D eigenvalue weighted by Gasteiger charge is 2.28. The van der Waals surface area contributed by atoms with Crippen molar-refractivity contribution >= 4 is 11.7 Å². The monoisotopic (exact) mass is 512 g/mol. The molecular weight excluding hydrogens is 472 g/mol. The van der Waals surface area contributed by atoms with E-state index in [1.807, 2.05) is 37.3 Å². The van der Waals surface area contributed by atoms with Crippen LogP contribution >= 0.6 is 0 Å². The number of allylic oxidation sites excluding steroid dienone is 2. The predicted octanol–water partition coefficient (Wildman–Crippen LogP) is 3.35. The van der Waals surface area contributed by atoms with Gasteiger partial charge in [0.05, 0.1) is 12.1 Å². The fraction of sp³-hybridized carbons (Fsp3) is 0.586. The van der Waals surface area contributed by atoms with E-state index in [1.165, 1.54) is 0 Å². The number of benzene rings is 1. The normalized spacial score (nSPS) is 22.8. The number of rotatable bonds is 12. The second kappa shape index (κ2) is 13.2. The van der Waals surface area contributed by atoms with Gasteiger partial charge >= 0.3 is 0 Å². The molecule has 0 aromatic heterocycles. The molecule has 1 aromatic rings. The number of nitrogens with zero attached hydrogens (tertiary/aromatic N) is 1. The number of fused-ring (bicyclic) bond motifs is 1. The molecule has 1 amide bonds. The number of ketones is 1. The van der Waals surface area contributed by atoms with Crippen molar-refractivity contribution < 1.29 is 28.9 Å². The van der Waals surface area contributed by atoms with E-state index < -0.39 is 12.1 Å². The van der Waals surface area contributed by atoms with Crippen LogP contribution in [0.5, 0.6) is 11.5 Å². The first kappa shape index (κ1) is 27.4. The van der Waals surface area contributed by atoms with Gasteiger partial charge in [0.1, 0.15) is 19.3 Å². The maximum absolute atomic E-state index is 12.8. The van der Waals surface area contributed by atoms with E-state index in [0.29, 0.717) is 62.5 Å². The zero-order chi connectivity index (χ0) is 26.2. The molecule has 4 rings (SSSR count). The van der Waals surface area contributed by atoms with Crippen LogP contribution in [0.15, 0.2) is 42.0 Å². The molecular formula is C29H40N2O6. The first-order valence-corrected chi connectivity index (χ1v) is 13.5. The lowest BCUT2D eigenvalue weighted by Crippen LogP contribution is -2.46. The summed E-state index contributed by atoms with van der Waals surface area (Å²) in [7, 11) is 1.67. The summed E-state index contributed by atoms with van der Waals surface area (Å²) in [5.41, 5.74) is 1.41. The molecule has 2 unspecified atom stereocenters. The van der Waals surface area contributed by atoms with Gasteiger partial charge < -0.3 is 29.5 Å². The highest BCUT2D eigenvalue weighted by atomic mass is 16.6. The first-order valence-electron chi connectivity index (χ1n) is 13.5. The lowest BCUT2D eigenvalue weighted by Gasteiger charge is -2.29. The number of Topliss-reactive ketones (excluding diaryl/α,β-unsaturated/α-hetero) is 1. The Morgan fingerprint density at radius 1 is 1.14 bits per heavy atom. The lowest BCUT2D eigenvalue weighted by molar-refractivity contribution is -0.123. The molecule has 1 aromatic carbocycles. The van der Waals surface area contributed by atoms with Gasteiger partial charge in [-0.2, -0.15) is 0 Å². The maximum atomic E-state index is 12.8. The lowest BCUT2D eigenvalue weighted by atomic mass is 9.91. The second-order valence-corrected chi connectivity index (χ2v) is 10.2. The topological polar surface area (TPSA) is 97.3 Å². The van der Waals surface area contributed by atoms with E-state index in [1.54, 1.807) is 13.2 Å². The van der Waals surface area contributed by atoms with Crippen LogP contribution in [-0.2, 0) is 14.3 Å². The first-order chi connectivity index (χ1) is 17.9. The number of hydrogen-bond acceptors (Lipinski definition) is 7. The van der Waals surface area contributed by atoms with E-state index >= 15 is 0 Å². The van der Waals surface area contributed by atoms with Gasteiger partial charge in [-0.05, 0) is 56.5 Å². The average Bonchev–Trinajstić information content (AvgIpc) is 3.43. The number of nitrogens with one attached hydrogen (secondary N) is 1. The molecule has 0 radical (unpaired) electrons. The van der Waals surface area contributed by atoms with Crippen molar-refractivity contribution in [1.29, 1.82) is 0 Å². The number of hydrogen-bond donors (Lipinski definition) is 2. The Hall–Kier alpha value is -2.68. The number of amides is 1. The third-order valence-corrected chi connectivity index (χ3v) is 7.37. The van der Waals surface area contributed by atoms with Crippen molar-refractivity contribution in [3.8, 4) is 11.5 Å². The molecule has 2 heterocycles. The zero-order valence-electron chi connectivity index (χ0n) is 22.0. The van der Waals surface area contributed by atoms with Crippen LogP contribution in [0.2, 0.25) is 0 Å². The van der Waals surface area contributed by atoms with Crippen molar-refractivity contribution in [2.75, 3.05) is 40.0 Å². The summed E-state index contributed by atoms with van der Waals surface area (Å²) in [6, 6.07) is 5.00. The molecule has 0 bridgehead atoms. The number of methoxy groups -OCH3 is 1. The highest BCUT2D eigenvalue weighted by Crippen LogP contribution is 2.33. The van der Waals surface area contributed by atoms with Crippen LogP contribution in [0, 0.1) is 5.92 Å². The minimum Gasteiger partial charge on any atom is -0.486 e. The Balaban J connectivity index is 1.29. The standard InChI is InChI=1S/C29H40N2O6/c1-20-17-21(9-11-25(20)35-2)24(32)7-3-4-8-28(33)30-23(19-31-13-5-6-14-31)29(34)22-10-12-26-27(18-22)37-16-15-36-26/h9-12,17-18,20,23,25,29,34H,3-8,13-16,19H2,1-2H3,(H,30,33)/t20?,23-,25?,29-/m1/s1. The molecule has 37 heavy (non-hydrogen) atoms. The summed E-state index contributed by atoms with van der Waals surface area (Å²) in [5, 5.41) is 14.3. The van der Waals surface area contributed by atoms with E-state index in [4.69, 9.17) is 14.2 Å². The van der Waals surface area contributed by atoms with Gasteiger partial charge in [0.2, 0.25) is 5.91 Å². The van der Waals surface area contributed by atoms with Gasteiger partial charge in [-0.15, -0.1) is 0 Å². The van der Waals surface area contributed by atoms with Crippen molar-refractivity contribution in [2.45, 2.75) is 63.7 Å². The van der Waals surface area contributed by atoms with Crippen LogP contribution in [0.3, 0.4) is 0 Å². The van der Waals surface area contributed by atoms with Crippen molar-refractivity contribution in [3.05, 3.63) is 47.6 Å². The van der Waals surface area contributed by atoms with Crippen molar-refractivity contribution in [1.82, 2.24) is 10.2 Å². The molecule has 0 saturated carbocycles. The van der Waals surface area contributed by atoms with Crippen LogP contribution in [0.25, 0.3) is 0 Å². The van der Waals surface area contributed by atoms with E-state index in [0.717, 1.165) is 31.5 Å². The number of aliphatic hydroxyl groups is 1. The van der Waals surface area contributed by atoms with Gasteiger partial charge in [0.25, 0.3) is 0 Å². The predicted molar refractivity (Wildman–Crippen MR) is 141 cm³/mol. The number of carbonyl (C=O) groups excluding carboxylic acids is 2. The Morgan fingerprint density at radius 2 is 1.86 bits per heavy atom. The summed E-state index contributed by atoms with van der Waals surface area (Å²) in [5.74, 6) is 1.44. The van der Waals surface area contributed by atoms with E-state index in [-0.39, 0.29) is 23.7 Å². The summed E-state index contributed by atoms with van der Waals surface area (Å²) in [6.07, 6.45) is 9.10. The van der Waals surface area contributed by atoms with Gasteiger partial charge in [0, 0.05) is 38.0 Å². The average molecular weight is 513 g/mol. The van der Waals surface area contributed by atoms with Crippen LogP contribution in [-0.4, -0.2) is 73.8 Å². The number of likely N-dealkylation sites (tertiary alicyclic amines) is 1. The number of unbranched alkanes of at least 4 members (excludes halogenated alkanes) is 1. The largest absolute Gasteiger partial charge is 0.486 e. The maximum Gasteiger partial charge on any atom is 0.220 e. The third-order valence-electron chi connectivity index (χ3n) is 7.37. The minimum absolute atomic E-state index is 0.00580. The SMILES string of the molecule is COC1C=CC(C(=O)CCCCC(=O)N[C@H](CN2CCCC2)[C@H](O)c2ccc3c(c2)OCCO3)=CC1C. The van der Waals surface area contributed by atoms with Crippen LogP contribution in [0.4, 0.5) is 0 Å². The van der Waals surface area contributed by atoms with E-state index in [9.17, 15) is 14.7 Å². The second-order valence-electron chi connectivity index (χ2n) is 10.2. The fourth-order valence-electron chi connectivity index (χ4n) is 5.22. The molecule has 1 fully saturated rings. The van der Waals surface area contributed by atoms with Crippen molar-refractivity contribution in [3.63, 3.8) is 0 Å². The van der Waals surface area contributed by atoms with Crippen LogP contribution in [0.1, 0.15) is 57.1 Å². The number of aliphatic hydroxyl groups excluding tert-OH is 1. The fourth-order valence-corrected chi connectivity index (χ4v) is 5.22. The molecule has 8 nitrogen and oxygen atoms in total. The van der Waals surface area contributed by atoms with Gasteiger partial charge in [-0.3, -0.25) is 9.59 Å². The third kappa shape index (κ3) is 7.43. The summed E-state index contributed by atoms with van der Waals surface area (Å²) < 4.78 is 16.7. The minimum atomic E-state index is -0.870. The molecule has 8 heteroatoms. The van der Waals surface area contributed by atoms with Crippen LogP contribution < -0.4 is 14.8 Å². The molecule has 0 spiro atoms. The Bertz CT molecular complexity index is 1000. The van der Waals surface area contributed by atoms with Crippen molar-refractivity contribution in [2.24, 2.45) is 5.92 Å². The molecule has 1 aliphatic carbocycles. The van der Waals surface area contributed by atoms with Gasteiger partial charge in [-0.1, -0.05) is 31.2 Å². The van der Waals surface area contributed by atoms with Gasteiger partial charge in [0.15, 0.2) is 17.3 Å². The van der Waals surface area contributed by atoms with E-state index in [2.05, 4.69) is 10.2 Å². The molecule has 3 aliphatic rings. The Labute approximate surface area is 219 Å². The summed E-state index contributed by atoms with van der Waals surface area (Å²) in [4.78, 5) is 27.7. The highest BCUT2D eigenvalue weighted by molar-refractivity contribution is 5.98.